The Morgan fingerprint density at radius 2 is 1.92 bits per heavy atom. The number of hydrogen-bond donors (Lipinski definition) is 0. The number of aryl methyl sites for hydroxylation is 1. The quantitative estimate of drug-likeness (QED) is 0.767. The van der Waals surface area contributed by atoms with E-state index in [0.717, 1.165) is 49.9 Å². The zero-order valence-electron chi connectivity index (χ0n) is 13.7. The number of hydrogen-bond acceptors (Lipinski definition) is 3. The van der Waals surface area contributed by atoms with E-state index in [9.17, 15) is 13.2 Å². The molecule has 1 aliphatic carbocycles. The molecule has 2 fully saturated rings. The molecule has 4 rings (SSSR count). The SMILES string of the molecule is FC(F)(F)Oc1cccc(CCC2C3CN(Cc4ccoc4)CC23)c1. The Morgan fingerprint density at radius 1 is 1.12 bits per heavy atom. The lowest BCUT2D eigenvalue weighted by Crippen LogP contribution is -2.23. The summed E-state index contributed by atoms with van der Waals surface area (Å²) in [5.74, 6) is 2.04. The fraction of sp³-hybridized carbons (Fsp3) is 0.474. The van der Waals surface area contributed by atoms with Crippen LogP contribution in [0, 0.1) is 17.8 Å². The van der Waals surface area contributed by atoms with Gasteiger partial charge < -0.3 is 9.15 Å². The van der Waals surface area contributed by atoms with Gasteiger partial charge in [-0.1, -0.05) is 12.1 Å². The second kappa shape index (κ2) is 6.41. The Balaban J connectivity index is 1.24. The van der Waals surface area contributed by atoms with Crippen LogP contribution in [0.3, 0.4) is 0 Å². The van der Waals surface area contributed by atoms with Crippen molar-refractivity contribution in [3.63, 3.8) is 0 Å². The number of ether oxygens (including phenoxy) is 1. The van der Waals surface area contributed by atoms with Gasteiger partial charge in [0.15, 0.2) is 0 Å². The average Bonchev–Trinajstić information content (AvgIpc) is 2.94. The molecule has 0 radical (unpaired) electrons. The smallest absolute Gasteiger partial charge is 0.472 e. The molecule has 1 aliphatic heterocycles. The number of fused-ring (bicyclic) bond motifs is 1. The molecule has 134 valence electrons. The Labute approximate surface area is 144 Å². The molecular weight excluding hydrogens is 331 g/mol. The van der Waals surface area contributed by atoms with E-state index >= 15 is 0 Å². The summed E-state index contributed by atoms with van der Waals surface area (Å²) in [6.07, 6.45) is 0.687. The molecule has 2 heterocycles. The molecule has 2 aromatic rings. The molecule has 6 heteroatoms. The minimum Gasteiger partial charge on any atom is -0.472 e. The molecule has 1 aromatic carbocycles. The summed E-state index contributed by atoms with van der Waals surface area (Å²) >= 11 is 0. The van der Waals surface area contributed by atoms with E-state index < -0.39 is 6.36 Å². The van der Waals surface area contributed by atoms with Crippen LogP contribution >= 0.6 is 0 Å². The molecule has 2 atom stereocenters. The largest absolute Gasteiger partial charge is 0.573 e. The van der Waals surface area contributed by atoms with Gasteiger partial charge in [0.1, 0.15) is 5.75 Å². The molecule has 0 amide bonds. The molecule has 1 saturated carbocycles. The third-order valence-corrected chi connectivity index (χ3v) is 5.33. The second-order valence-corrected chi connectivity index (χ2v) is 7.05. The summed E-state index contributed by atoms with van der Waals surface area (Å²) in [4.78, 5) is 2.45. The summed E-state index contributed by atoms with van der Waals surface area (Å²) in [5.41, 5.74) is 2.11. The van der Waals surface area contributed by atoms with E-state index in [1.165, 1.54) is 17.7 Å². The monoisotopic (exact) mass is 351 g/mol. The van der Waals surface area contributed by atoms with Crippen LogP contribution in [-0.2, 0) is 13.0 Å². The van der Waals surface area contributed by atoms with Crippen molar-refractivity contribution < 1.29 is 22.3 Å². The fourth-order valence-electron chi connectivity index (χ4n) is 4.17. The fourth-order valence-corrected chi connectivity index (χ4v) is 4.17. The van der Waals surface area contributed by atoms with Gasteiger partial charge in [-0.2, -0.15) is 0 Å². The van der Waals surface area contributed by atoms with E-state index in [1.54, 1.807) is 18.6 Å². The molecule has 0 spiro atoms. The number of furan rings is 1. The van der Waals surface area contributed by atoms with Crippen LogP contribution in [0.25, 0.3) is 0 Å². The summed E-state index contributed by atoms with van der Waals surface area (Å²) in [6, 6.07) is 8.33. The van der Waals surface area contributed by atoms with Gasteiger partial charge in [0.25, 0.3) is 0 Å². The number of halogens is 3. The van der Waals surface area contributed by atoms with Gasteiger partial charge in [0.05, 0.1) is 12.5 Å². The van der Waals surface area contributed by atoms with Crippen LogP contribution in [0.15, 0.2) is 47.3 Å². The maximum absolute atomic E-state index is 12.3. The van der Waals surface area contributed by atoms with Crippen LogP contribution in [0.2, 0.25) is 0 Å². The summed E-state index contributed by atoms with van der Waals surface area (Å²) < 4.78 is 46.0. The number of rotatable bonds is 6. The Kier molecular flexibility index (Phi) is 4.23. The lowest BCUT2D eigenvalue weighted by Gasteiger charge is -2.18. The minimum absolute atomic E-state index is 0.132. The van der Waals surface area contributed by atoms with Gasteiger partial charge in [-0.3, -0.25) is 4.90 Å². The van der Waals surface area contributed by atoms with E-state index in [-0.39, 0.29) is 5.75 Å². The molecule has 25 heavy (non-hydrogen) atoms. The highest BCUT2D eigenvalue weighted by atomic mass is 19.4. The van der Waals surface area contributed by atoms with E-state index in [0.29, 0.717) is 5.92 Å². The summed E-state index contributed by atoms with van der Waals surface area (Å²) in [5, 5.41) is 0. The van der Waals surface area contributed by atoms with E-state index in [1.807, 2.05) is 12.1 Å². The Hall–Kier alpha value is -1.95. The zero-order chi connectivity index (χ0) is 17.4. The highest BCUT2D eigenvalue weighted by Crippen LogP contribution is 2.54. The van der Waals surface area contributed by atoms with Gasteiger partial charge in [-0.25, -0.2) is 0 Å². The summed E-state index contributed by atoms with van der Waals surface area (Å²) in [7, 11) is 0. The minimum atomic E-state index is -4.63. The molecule has 0 N–H and O–H groups in total. The first-order valence-electron chi connectivity index (χ1n) is 8.56. The predicted molar refractivity (Wildman–Crippen MR) is 85.9 cm³/mol. The third-order valence-electron chi connectivity index (χ3n) is 5.33. The van der Waals surface area contributed by atoms with Crippen LogP contribution in [0.5, 0.6) is 5.75 Å². The second-order valence-electron chi connectivity index (χ2n) is 7.05. The molecule has 0 bridgehead atoms. The topological polar surface area (TPSA) is 25.6 Å². The van der Waals surface area contributed by atoms with Crippen LogP contribution in [0.1, 0.15) is 17.5 Å². The van der Waals surface area contributed by atoms with Gasteiger partial charge in [0.2, 0.25) is 0 Å². The van der Waals surface area contributed by atoms with Gasteiger partial charge in [-0.05, 0) is 54.4 Å². The van der Waals surface area contributed by atoms with Crippen molar-refractivity contribution >= 4 is 0 Å². The number of likely N-dealkylation sites (tertiary alicyclic amines) is 1. The standard InChI is InChI=1S/C19H20F3NO2/c20-19(21,22)25-15-3-1-2-13(8-15)4-5-16-17-10-23(11-18(16)17)9-14-6-7-24-12-14/h1-3,6-8,12,16-18H,4-5,9-11H2. The van der Waals surface area contributed by atoms with E-state index in [4.69, 9.17) is 4.42 Å². The van der Waals surface area contributed by atoms with E-state index in [2.05, 4.69) is 9.64 Å². The van der Waals surface area contributed by atoms with Crippen molar-refractivity contribution in [2.75, 3.05) is 13.1 Å². The Bertz CT molecular complexity index is 702. The van der Waals surface area contributed by atoms with Crippen LogP contribution in [0.4, 0.5) is 13.2 Å². The van der Waals surface area contributed by atoms with Crippen LogP contribution < -0.4 is 4.74 Å². The average molecular weight is 351 g/mol. The number of benzene rings is 1. The van der Waals surface area contributed by atoms with Crippen molar-refractivity contribution in [3.05, 3.63) is 54.0 Å². The molecule has 2 aliphatic rings. The summed E-state index contributed by atoms with van der Waals surface area (Å²) in [6.45, 7) is 3.16. The normalized spacial score (nSPS) is 25.8. The first-order valence-corrected chi connectivity index (χ1v) is 8.56. The van der Waals surface area contributed by atoms with Crippen molar-refractivity contribution in [1.82, 2.24) is 4.90 Å². The first-order chi connectivity index (χ1) is 12.0. The Morgan fingerprint density at radius 3 is 2.60 bits per heavy atom. The number of piperidine rings is 1. The molecule has 1 aromatic heterocycles. The molecular formula is C19H20F3NO2. The highest BCUT2D eigenvalue weighted by molar-refractivity contribution is 5.29. The van der Waals surface area contributed by atoms with Crippen molar-refractivity contribution in [2.45, 2.75) is 25.7 Å². The lowest BCUT2D eigenvalue weighted by atomic mass is 10.0. The van der Waals surface area contributed by atoms with Crippen LogP contribution in [-0.4, -0.2) is 24.4 Å². The van der Waals surface area contributed by atoms with Gasteiger partial charge >= 0.3 is 6.36 Å². The highest BCUT2D eigenvalue weighted by Gasteiger charge is 2.54. The van der Waals surface area contributed by atoms with Gasteiger partial charge in [0, 0.05) is 25.2 Å². The zero-order valence-corrected chi connectivity index (χ0v) is 13.7. The molecule has 3 nitrogen and oxygen atoms in total. The number of nitrogens with zero attached hydrogens (tertiary/aromatic N) is 1. The maximum atomic E-state index is 12.3. The van der Waals surface area contributed by atoms with Crippen molar-refractivity contribution in [1.29, 1.82) is 0 Å². The molecule has 1 saturated heterocycles. The van der Waals surface area contributed by atoms with Gasteiger partial charge in [-0.15, -0.1) is 13.2 Å². The number of alkyl halides is 3. The maximum Gasteiger partial charge on any atom is 0.573 e. The third kappa shape index (κ3) is 4.00. The lowest BCUT2D eigenvalue weighted by molar-refractivity contribution is -0.274. The first kappa shape index (κ1) is 16.5. The van der Waals surface area contributed by atoms with Crippen molar-refractivity contribution in [3.8, 4) is 5.75 Å². The predicted octanol–water partition coefficient (Wildman–Crippen LogP) is 4.49. The van der Waals surface area contributed by atoms with Crippen molar-refractivity contribution in [2.24, 2.45) is 17.8 Å². The molecule has 2 unspecified atom stereocenters.